The van der Waals surface area contributed by atoms with Crippen molar-refractivity contribution in [2.45, 2.75) is 36.8 Å². The van der Waals surface area contributed by atoms with E-state index in [-0.39, 0.29) is 5.92 Å². The van der Waals surface area contributed by atoms with Gasteiger partial charge in [-0.05, 0) is 86.7 Å². The first-order valence-electron chi connectivity index (χ1n) is 12.3. The second-order valence-electron chi connectivity index (χ2n) is 9.17. The molecule has 7 nitrogen and oxygen atoms in total. The number of aliphatic carboxylic acids is 1. The van der Waals surface area contributed by atoms with Crippen LogP contribution in [0.25, 0.3) is 10.9 Å². The lowest BCUT2D eigenvalue weighted by atomic mass is 9.81. The van der Waals surface area contributed by atoms with Crippen molar-refractivity contribution in [1.82, 2.24) is 14.9 Å². The second-order valence-corrected chi connectivity index (χ2v) is 10.3. The SMILES string of the molecule is COc1ccc2nccc(C(O)CC[C@@H]3CCN(CCCSc4cccc(F)n4)C[C@@H]3C(=O)O)c2c1. The van der Waals surface area contributed by atoms with E-state index in [0.29, 0.717) is 30.2 Å². The fourth-order valence-corrected chi connectivity index (χ4v) is 5.73. The van der Waals surface area contributed by atoms with Gasteiger partial charge in [-0.1, -0.05) is 6.07 Å². The van der Waals surface area contributed by atoms with Crippen molar-refractivity contribution in [2.75, 3.05) is 32.5 Å². The molecule has 2 N–H and O–H groups in total. The summed E-state index contributed by atoms with van der Waals surface area (Å²) in [6, 6.07) is 12.2. The number of aliphatic hydroxyl groups excluding tert-OH is 1. The highest BCUT2D eigenvalue weighted by Gasteiger charge is 2.34. The smallest absolute Gasteiger partial charge is 0.308 e. The van der Waals surface area contributed by atoms with Crippen LogP contribution in [0, 0.1) is 17.8 Å². The lowest BCUT2D eigenvalue weighted by Crippen LogP contribution is -2.44. The third-order valence-corrected chi connectivity index (χ3v) is 7.88. The number of nitrogens with zero attached hydrogens (tertiary/aromatic N) is 3. The van der Waals surface area contributed by atoms with E-state index in [1.807, 2.05) is 24.3 Å². The molecule has 36 heavy (non-hydrogen) atoms. The Hall–Kier alpha value is -2.75. The van der Waals surface area contributed by atoms with E-state index < -0.39 is 23.9 Å². The Kier molecular flexibility index (Phi) is 9.12. The number of hydrogen-bond donors (Lipinski definition) is 2. The molecule has 1 unspecified atom stereocenters. The standard InChI is InChI=1S/C27H32FN3O4S/c1-35-19-7-8-23-21(16-19)20(10-12-29-23)24(32)9-6-18-11-14-31(17-22(18)27(33)34)13-3-15-36-26-5-2-4-25(28)30-26/h2,4-5,7-8,10,12,16,18,22,24,32H,3,6,9,11,13-15,17H2,1H3,(H,33,34)/t18-,22+,24?/m1/s1. The molecular formula is C27H32FN3O4S. The Morgan fingerprint density at radius 2 is 2.17 bits per heavy atom. The van der Waals surface area contributed by atoms with Crippen molar-refractivity contribution in [3.8, 4) is 5.75 Å². The number of carbonyl (C=O) groups is 1. The number of halogens is 1. The van der Waals surface area contributed by atoms with Crippen LogP contribution in [-0.2, 0) is 4.79 Å². The minimum Gasteiger partial charge on any atom is -0.497 e. The quantitative estimate of drug-likeness (QED) is 0.215. The maximum atomic E-state index is 13.2. The zero-order valence-electron chi connectivity index (χ0n) is 20.3. The summed E-state index contributed by atoms with van der Waals surface area (Å²) in [5.41, 5.74) is 1.57. The summed E-state index contributed by atoms with van der Waals surface area (Å²) in [6.45, 7) is 2.14. The summed E-state index contributed by atoms with van der Waals surface area (Å²) in [5, 5.41) is 22.4. The predicted molar refractivity (Wildman–Crippen MR) is 138 cm³/mol. The van der Waals surface area contributed by atoms with Crippen LogP contribution in [0.5, 0.6) is 5.75 Å². The van der Waals surface area contributed by atoms with Gasteiger partial charge in [0.2, 0.25) is 5.95 Å². The van der Waals surface area contributed by atoms with Gasteiger partial charge in [-0.3, -0.25) is 9.78 Å². The number of aliphatic hydroxyl groups is 1. The number of thioether (sulfide) groups is 1. The van der Waals surface area contributed by atoms with Gasteiger partial charge in [0.15, 0.2) is 0 Å². The minimum absolute atomic E-state index is 0.0157. The second kappa shape index (κ2) is 12.5. The number of piperidine rings is 1. The Bertz CT molecular complexity index is 1180. The summed E-state index contributed by atoms with van der Waals surface area (Å²) < 4.78 is 18.5. The molecule has 9 heteroatoms. The van der Waals surface area contributed by atoms with E-state index in [1.165, 1.54) is 17.8 Å². The summed E-state index contributed by atoms with van der Waals surface area (Å²) in [5.74, 6) is -0.206. The van der Waals surface area contributed by atoms with E-state index in [1.54, 1.807) is 25.4 Å². The first-order chi connectivity index (χ1) is 17.4. The number of carboxylic acid groups (broad SMARTS) is 1. The number of fused-ring (bicyclic) bond motifs is 1. The predicted octanol–water partition coefficient (Wildman–Crippen LogP) is 4.80. The van der Waals surface area contributed by atoms with Gasteiger partial charge in [0.1, 0.15) is 5.75 Å². The van der Waals surface area contributed by atoms with Crippen LogP contribution in [0.1, 0.15) is 37.4 Å². The summed E-state index contributed by atoms with van der Waals surface area (Å²) in [6.07, 6.45) is 3.77. The zero-order valence-corrected chi connectivity index (χ0v) is 21.2. The third kappa shape index (κ3) is 6.72. The van der Waals surface area contributed by atoms with Crippen molar-refractivity contribution in [1.29, 1.82) is 0 Å². The average Bonchev–Trinajstić information content (AvgIpc) is 2.89. The number of benzene rings is 1. The van der Waals surface area contributed by atoms with Gasteiger partial charge >= 0.3 is 5.97 Å². The molecule has 192 valence electrons. The largest absolute Gasteiger partial charge is 0.497 e. The number of likely N-dealkylation sites (tertiary alicyclic amines) is 1. The van der Waals surface area contributed by atoms with E-state index in [4.69, 9.17) is 4.74 Å². The van der Waals surface area contributed by atoms with E-state index in [9.17, 15) is 19.4 Å². The molecule has 0 spiro atoms. The topological polar surface area (TPSA) is 95.8 Å². The molecule has 2 aromatic heterocycles. The summed E-state index contributed by atoms with van der Waals surface area (Å²) >= 11 is 1.51. The molecule has 0 radical (unpaired) electrons. The number of carboxylic acids is 1. The first kappa shape index (κ1) is 26.3. The van der Waals surface area contributed by atoms with Crippen LogP contribution in [0.2, 0.25) is 0 Å². The van der Waals surface area contributed by atoms with Gasteiger partial charge in [0.05, 0.1) is 29.7 Å². The van der Waals surface area contributed by atoms with E-state index in [0.717, 1.165) is 48.2 Å². The number of methoxy groups -OCH3 is 1. The number of pyridine rings is 2. The molecule has 0 amide bonds. The van der Waals surface area contributed by atoms with Crippen LogP contribution >= 0.6 is 11.8 Å². The molecular weight excluding hydrogens is 481 g/mol. The summed E-state index contributed by atoms with van der Waals surface area (Å²) in [4.78, 5) is 22.5. The van der Waals surface area contributed by atoms with E-state index in [2.05, 4.69) is 14.9 Å². The highest BCUT2D eigenvalue weighted by molar-refractivity contribution is 7.99. The van der Waals surface area contributed by atoms with E-state index >= 15 is 0 Å². The molecule has 1 saturated heterocycles. The molecule has 4 rings (SSSR count). The Balaban J connectivity index is 1.29. The lowest BCUT2D eigenvalue weighted by molar-refractivity contribution is -0.146. The molecule has 0 bridgehead atoms. The highest BCUT2D eigenvalue weighted by atomic mass is 32.2. The van der Waals surface area contributed by atoms with Gasteiger partial charge in [0, 0.05) is 23.9 Å². The van der Waals surface area contributed by atoms with Crippen LogP contribution < -0.4 is 4.74 Å². The van der Waals surface area contributed by atoms with Crippen molar-refractivity contribution < 1.29 is 24.1 Å². The molecule has 1 fully saturated rings. The van der Waals surface area contributed by atoms with Gasteiger partial charge in [-0.25, -0.2) is 4.98 Å². The van der Waals surface area contributed by atoms with Crippen LogP contribution in [0.15, 0.2) is 53.7 Å². The Morgan fingerprint density at radius 3 is 2.94 bits per heavy atom. The Labute approximate surface area is 214 Å². The zero-order chi connectivity index (χ0) is 25.5. The van der Waals surface area contributed by atoms with Crippen molar-refractivity contribution in [3.05, 3.63) is 60.2 Å². The van der Waals surface area contributed by atoms with Gasteiger partial charge in [0.25, 0.3) is 0 Å². The molecule has 1 aromatic carbocycles. The maximum absolute atomic E-state index is 13.2. The van der Waals surface area contributed by atoms with Crippen molar-refractivity contribution in [3.63, 3.8) is 0 Å². The lowest BCUT2D eigenvalue weighted by Gasteiger charge is -2.37. The molecule has 1 aliphatic heterocycles. The van der Waals surface area contributed by atoms with Crippen molar-refractivity contribution in [2.24, 2.45) is 11.8 Å². The van der Waals surface area contributed by atoms with Crippen LogP contribution in [0.4, 0.5) is 4.39 Å². The fourth-order valence-electron chi connectivity index (χ4n) is 4.92. The number of aromatic nitrogens is 2. The molecule has 3 atom stereocenters. The molecule has 1 aliphatic rings. The number of rotatable bonds is 11. The normalized spacial score (nSPS) is 19.3. The minimum atomic E-state index is -0.781. The summed E-state index contributed by atoms with van der Waals surface area (Å²) in [7, 11) is 1.60. The molecule has 3 heterocycles. The monoisotopic (exact) mass is 513 g/mol. The number of ether oxygens (including phenoxy) is 1. The molecule has 0 saturated carbocycles. The van der Waals surface area contributed by atoms with Gasteiger partial charge in [-0.2, -0.15) is 4.39 Å². The highest BCUT2D eigenvalue weighted by Crippen LogP contribution is 2.34. The van der Waals surface area contributed by atoms with Gasteiger partial charge in [-0.15, -0.1) is 11.8 Å². The van der Waals surface area contributed by atoms with Crippen LogP contribution in [-0.4, -0.2) is 63.5 Å². The van der Waals surface area contributed by atoms with Crippen LogP contribution in [0.3, 0.4) is 0 Å². The Morgan fingerprint density at radius 1 is 1.31 bits per heavy atom. The maximum Gasteiger partial charge on any atom is 0.308 e. The number of hydrogen-bond acceptors (Lipinski definition) is 7. The van der Waals surface area contributed by atoms with Crippen molar-refractivity contribution >= 4 is 28.6 Å². The fraction of sp³-hybridized carbons (Fsp3) is 0.444. The van der Waals surface area contributed by atoms with Gasteiger partial charge < -0.3 is 19.8 Å². The first-order valence-corrected chi connectivity index (χ1v) is 13.2. The molecule has 0 aliphatic carbocycles. The average molecular weight is 514 g/mol. The third-order valence-electron chi connectivity index (χ3n) is 6.87. The molecule has 3 aromatic rings.